The number of ether oxygens (including phenoxy) is 3. The van der Waals surface area contributed by atoms with Gasteiger partial charge in [-0.2, -0.15) is 0 Å². The van der Waals surface area contributed by atoms with E-state index < -0.39 is 13.0 Å². The van der Waals surface area contributed by atoms with Crippen molar-refractivity contribution in [2.45, 2.75) is 13.0 Å². The van der Waals surface area contributed by atoms with Crippen LogP contribution in [0.2, 0.25) is 0 Å². The molecule has 0 N–H and O–H groups in total. The molecule has 0 aliphatic rings. The van der Waals surface area contributed by atoms with E-state index >= 15 is 0 Å². The molecule has 96 valence electrons. The van der Waals surface area contributed by atoms with Crippen LogP contribution >= 0.6 is 0 Å². The minimum Gasteiger partial charge on any atom is -0.353 e. The molecular formula is C11H13F3O3. The first-order chi connectivity index (χ1) is 8.08. The van der Waals surface area contributed by atoms with Crippen molar-refractivity contribution in [2.75, 3.05) is 20.0 Å². The number of hydrogen-bond acceptors (Lipinski definition) is 3. The van der Waals surface area contributed by atoms with Crippen molar-refractivity contribution < 1.29 is 27.4 Å². The molecule has 1 aromatic rings. The van der Waals surface area contributed by atoms with Crippen LogP contribution in [-0.4, -0.2) is 26.4 Å². The summed E-state index contributed by atoms with van der Waals surface area (Å²) in [7, 11) is 0. The number of alkyl halides is 3. The van der Waals surface area contributed by atoms with E-state index in [1.807, 2.05) is 30.3 Å². The highest BCUT2D eigenvalue weighted by molar-refractivity contribution is 5.13. The van der Waals surface area contributed by atoms with Crippen molar-refractivity contribution in [1.82, 2.24) is 0 Å². The zero-order chi connectivity index (χ0) is 12.6. The molecule has 0 amide bonds. The summed E-state index contributed by atoms with van der Waals surface area (Å²) in [5.74, 6) is 0. The van der Waals surface area contributed by atoms with Gasteiger partial charge in [0.2, 0.25) is 0 Å². The van der Waals surface area contributed by atoms with E-state index in [-0.39, 0.29) is 13.4 Å². The van der Waals surface area contributed by atoms with Gasteiger partial charge in [-0.1, -0.05) is 30.3 Å². The maximum atomic E-state index is 11.5. The molecule has 17 heavy (non-hydrogen) atoms. The van der Waals surface area contributed by atoms with Crippen LogP contribution in [0.1, 0.15) is 5.56 Å². The van der Waals surface area contributed by atoms with E-state index in [9.17, 15) is 13.2 Å². The Hall–Kier alpha value is -1.11. The van der Waals surface area contributed by atoms with Crippen LogP contribution in [0.4, 0.5) is 13.2 Å². The van der Waals surface area contributed by atoms with E-state index in [2.05, 4.69) is 4.74 Å². The van der Waals surface area contributed by atoms with E-state index in [1.165, 1.54) is 0 Å². The van der Waals surface area contributed by atoms with Crippen LogP contribution in [0.25, 0.3) is 0 Å². The molecule has 0 fully saturated rings. The molecule has 0 saturated carbocycles. The van der Waals surface area contributed by atoms with Crippen molar-refractivity contribution in [3.05, 3.63) is 35.9 Å². The van der Waals surface area contributed by atoms with E-state index in [1.54, 1.807) is 0 Å². The number of rotatable bonds is 7. The van der Waals surface area contributed by atoms with Crippen molar-refractivity contribution in [1.29, 1.82) is 0 Å². The normalized spacial score (nSPS) is 11.7. The van der Waals surface area contributed by atoms with Gasteiger partial charge in [-0.25, -0.2) is 0 Å². The van der Waals surface area contributed by atoms with Gasteiger partial charge in [-0.3, -0.25) is 4.74 Å². The van der Waals surface area contributed by atoms with Crippen LogP contribution in [0, 0.1) is 0 Å². The summed E-state index contributed by atoms with van der Waals surface area (Å²) in [4.78, 5) is 0. The minimum atomic E-state index is -4.60. The molecule has 3 nitrogen and oxygen atoms in total. The summed E-state index contributed by atoms with van der Waals surface area (Å²) in [5, 5.41) is 0. The maximum absolute atomic E-state index is 11.5. The van der Waals surface area contributed by atoms with Gasteiger partial charge in [0.05, 0.1) is 19.8 Å². The Morgan fingerprint density at radius 2 is 1.65 bits per heavy atom. The van der Waals surface area contributed by atoms with Crippen LogP contribution in [0.15, 0.2) is 30.3 Å². The smallest absolute Gasteiger partial charge is 0.353 e. The van der Waals surface area contributed by atoms with Gasteiger partial charge in [-0.05, 0) is 5.56 Å². The Kier molecular flexibility index (Phi) is 5.96. The third-order valence-electron chi connectivity index (χ3n) is 1.77. The summed E-state index contributed by atoms with van der Waals surface area (Å²) in [6.45, 7) is -0.385. The SMILES string of the molecule is FC(F)(F)OCCOCOCc1ccccc1. The first-order valence-electron chi connectivity index (χ1n) is 4.98. The highest BCUT2D eigenvalue weighted by Crippen LogP contribution is 2.15. The lowest BCUT2D eigenvalue weighted by molar-refractivity contribution is -0.328. The molecule has 0 aromatic heterocycles. The van der Waals surface area contributed by atoms with Crippen molar-refractivity contribution in [3.63, 3.8) is 0 Å². The molecule has 0 bridgehead atoms. The van der Waals surface area contributed by atoms with E-state index in [0.29, 0.717) is 6.61 Å². The number of hydrogen-bond donors (Lipinski definition) is 0. The first kappa shape index (κ1) is 14.0. The van der Waals surface area contributed by atoms with Gasteiger partial charge in [-0.15, -0.1) is 13.2 Å². The first-order valence-corrected chi connectivity index (χ1v) is 4.98. The molecule has 1 aromatic carbocycles. The lowest BCUT2D eigenvalue weighted by Gasteiger charge is -2.08. The highest BCUT2D eigenvalue weighted by atomic mass is 19.4. The van der Waals surface area contributed by atoms with E-state index in [4.69, 9.17) is 9.47 Å². The monoisotopic (exact) mass is 250 g/mol. The molecule has 1 rings (SSSR count). The molecule has 0 saturated heterocycles. The van der Waals surface area contributed by atoms with Crippen molar-refractivity contribution in [2.24, 2.45) is 0 Å². The Morgan fingerprint density at radius 1 is 0.941 bits per heavy atom. The van der Waals surface area contributed by atoms with Crippen LogP contribution in [0.5, 0.6) is 0 Å². The molecule has 0 spiro atoms. The fourth-order valence-electron chi connectivity index (χ4n) is 1.07. The molecule has 0 atom stereocenters. The second-order valence-electron chi connectivity index (χ2n) is 3.15. The Morgan fingerprint density at radius 3 is 2.29 bits per heavy atom. The Bertz CT molecular complexity index is 301. The third kappa shape index (κ3) is 7.73. The standard InChI is InChI=1S/C11H13F3O3/c12-11(13,14)17-7-6-15-9-16-8-10-4-2-1-3-5-10/h1-5H,6-9H2. The predicted molar refractivity (Wildman–Crippen MR) is 54.1 cm³/mol. The lowest BCUT2D eigenvalue weighted by Crippen LogP contribution is -2.17. The summed E-state index contributed by atoms with van der Waals surface area (Å²) in [6.07, 6.45) is -4.60. The molecule has 0 radical (unpaired) electrons. The van der Waals surface area contributed by atoms with Gasteiger partial charge >= 0.3 is 6.36 Å². The van der Waals surface area contributed by atoms with Gasteiger partial charge in [0.15, 0.2) is 0 Å². The van der Waals surface area contributed by atoms with Crippen LogP contribution < -0.4 is 0 Å². The Labute approximate surface area is 97.1 Å². The third-order valence-corrected chi connectivity index (χ3v) is 1.77. The largest absolute Gasteiger partial charge is 0.522 e. The average molecular weight is 250 g/mol. The van der Waals surface area contributed by atoms with Crippen LogP contribution in [0.3, 0.4) is 0 Å². The fraction of sp³-hybridized carbons (Fsp3) is 0.455. The second kappa shape index (κ2) is 7.26. The summed E-state index contributed by atoms with van der Waals surface area (Å²) in [5.41, 5.74) is 0.975. The zero-order valence-corrected chi connectivity index (χ0v) is 9.07. The van der Waals surface area contributed by atoms with Gasteiger partial charge in [0, 0.05) is 0 Å². The van der Waals surface area contributed by atoms with Gasteiger partial charge in [0.25, 0.3) is 0 Å². The second-order valence-corrected chi connectivity index (χ2v) is 3.15. The van der Waals surface area contributed by atoms with Gasteiger partial charge < -0.3 is 9.47 Å². The molecular weight excluding hydrogens is 237 g/mol. The molecule has 0 heterocycles. The van der Waals surface area contributed by atoms with Crippen molar-refractivity contribution >= 4 is 0 Å². The summed E-state index contributed by atoms with van der Waals surface area (Å²) >= 11 is 0. The van der Waals surface area contributed by atoms with Gasteiger partial charge in [0.1, 0.15) is 6.79 Å². The minimum absolute atomic E-state index is 0.0594. The van der Waals surface area contributed by atoms with E-state index in [0.717, 1.165) is 5.56 Å². The summed E-state index contributed by atoms with van der Waals surface area (Å²) < 4.78 is 48.0. The summed E-state index contributed by atoms with van der Waals surface area (Å²) in [6, 6.07) is 9.39. The maximum Gasteiger partial charge on any atom is 0.522 e. The molecule has 0 aliphatic carbocycles. The highest BCUT2D eigenvalue weighted by Gasteiger charge is 2.28. The number of halogens is 3. The fourth-order valence-corrected chi connectivity index (χ4v) is 1.07. The van der Waals surface area contributed by atoms with Crippen molar-refractivity contribution in [3.8, 4) is 0 Å². The lowest BCUT2D eigenvalue weighted by atomic mass is 10.2. The van der Waals surface area contributed by atoms with Crippen LogP contribution in [-0.2, 0) is 20.8 Å². The topological polar surface area (TPSA) is 27.7 Å². The molecule has 0 unspecified atom stereocenters. The predicted octanol–water partition coefficient (Wildman–Crippen LogP) is 2.71. The zero-order valence-electron chi connectivity index (χ0n) is 9.07. The average Bonchev–Trinajstić information content (AvgIpc) is 2.28. The molecule has 6 heteroatoms. The molecule has 0 aliphatic heterocycles. The number of benzene rings is 1. The quantitative estimate of drug-likeness (QED) is 0.550. The Balaban J connectivity index is 1.95.